The highest BCUT2D eigenvalue weighted by Gasteiger charge is 2.36. The highest BCUT2D eigenvalue weighted by Crippen LogP contribution is 2.32. The van der Waals surface area contributed by atoms with Crippen molar-refractivity contribution in [2.24, 2.45) is 0 Å². The standard InChI is InChI=1S/C22H20Cl2FN5O2/c23-17-8-13(4-5-18(17)25)20-11-29-6-7-30(10-14(29)12-32-20)22(31)16-3-1-2-15(21(16)24)19-9-26-28-27-19/h1-5,8-9,14,20H,6-7,10-12H2,(H,26,27,28)/t14-,20-/m0/s1. The Morgan fingerprint density at radius 1 is 1.19 bits per heavy atom. The third-order valence-corrected chi connectivity index (χ3v) is 6.73. The number of H-pyrrole nitrogens is 1. The summed E-state index contributed by atoms with van der Waals surface area (Å²) in [6.45, 7) is 2.97. The molecule has 10 heteroatoms. The molecule has 0 bridgehead atoms. The predicted octanol–water partition coefficient (Wildman–Crippen LogP) is 3.82. The minimum absolute atomic E-state index is 0.0821. The number of aromatic nitrogens is 3. The van der Waals surface area contributed by atoms with Crippen LogP contribution in [0.4, 0.5) is 4.39 Å². The van der Waals surface area contributed by atoms with Gasteiger partial charge in [-0.3, -0.25) is 14.8 Å². The first kappa shape index (κ1) is 21.3. The number of halogens is 3. The largest absolute Gasteiger partial charge is 0.370 e. The van der Waals surface area contributed by atoms with E-state index in [1.807, 2.05) is 11.0 Å². The topological polar surface area (TPSA) is 74.4 Å². The van der Waals surface area contributed by atoms with E-state index in [1.165, 1.54) is 6.07 Å². The molecule has 1 aromatic heterocycles. The van der Waals surface area contributed by atoms with Gasteiger partial charge in [0, 0.05) is 31.7 Å². The van der Waals surface area contributed by atoms with Gasteiger partial charge in [0.05, 0.1) is 46.3 Å². The summed E-state index contributed by atoms with van der Waals surface area (Å²) < 4.78 is 19.5. The lowest BCUT2D eigenvalue weighted by Gasteiger charge is -2.46. The van der Waals surface area contributed by atoms with E-state index < -0.39 is 5.82 Å². The van der Waals surface area contributed by atoms with Gasteiger partial charge in [-0.05, 0) is 23.8 Å². The number of rotatable bonds is 3. The smallest absolute Gasteiger partial charge is 0.255 e. The Labute approximate surface area is 194 Å². The first-order chi connectivity index (χ1) is 15.5. The Hall–Kier alpha value is -2.52. The zero-order valence-corrected chi connectivity index (χ0v) is 18.5. The van der Waals surface area contributed by atoms with Gasteiger partial charge in [-0.1, -0.05) is 46.6 Å². The predicted molar refractivity (Wildman–Crippen MR) is 118 cm³/mol. The second-order valence-electron chi connectivity index (χ2n) is 7.93. The second-order valence-corrected chi connectivity index (χ2v) is 8.72. The van der Waals surface area contributed by atoms with E-state index in [4.69, 9.17) is 27.9 Å². The molecule has 2 aliphatic heterocycles. The molecule has 1 amide bonds. The van der Waals surface area contributed by atoms with E-state index in [2.05, 4.69) is 20.3 Å². The van der Waals surface area contributed by atoms with Gasteiger partial charge in [0.25, 0.3) is 5.91 Å². The number of carbonyl (C=O) groups excluding carboxylic acids is 1. The summed E-state index contributed by atoms with van der Waals surface area (Å²) in [6, 6.07) is 10.1. The van der Waals surface area contributed by atoms with Gasteiger partial charge in [-0.25, -0.2) is 4.39 Å². The Kier molecular flexibility index (Phi) is 5.86. The molecule has 0 aliphatic carbocycles. The van der Waals surface area contributed by atoms with Gasteiger partial charge < -0.3 is 9.64 Å². The van der Waals surface area contributed by atoms with Crippen LogP contribution in [0.1, 0.15) is 22.0 Å². The zero-order chi connectivity index (χ0) is 22.2. The number of hydrogen-bond acceptors (Lipinski definition) is 5. The summed E-state index contributed by atoms with van der Waals surface area (Å²) >= 11 is 12.5. The van der Waals surface area contributed by atoms with Gasteiger partial charge >= 0.3 is 0 Å². The van der Waals surface area contributed by atoms with Crippen molar-refractivity contribution in [2.45, 2.75) is 12.1 Å². The Bertz CT molecular complexity index is 1140. The third kappa shape index (κ3) is 3.99. The number of hydrogen-bond donors (Lipinski definition) is 1. The molecule has 166 valence electrons. The second kappa shape index (κ2) is 8.78. The van der Waals surface area contributed by atoms with Crippen molar-refractivity contribution in [3.63, 3.8) is 0 Å². The molecule has 2 saturated heterocycles. The van der Waals surface area contributed by atoms with Crippen LogP contribution in [0.2, 0.25) is 10.0 Å². The Morgan fingerprint density at radius 3 is 2.84 bits per heavy atom. The maximum Gasteiger partial charge on any atom is 0.255 e. The molecule has 32 heavy (non-hydrogen) atoms. The molecule has 3 aromatic rings. The highest BCUT2D eigenvalue weighted by molar-refractivity contribution is 6.36. The van der Waals surface area contributed by atoms with Crippen molar-refractivity contribution in [1.82, 2.24) is 25.2 Å². The molecule has 0 unspecified atom stereocenters. The van der Waals surface area contributed by atoms with E-state index in [9.17, 15) is 9.18 Å². The molecule has 7 nitrogen and oxygen atoms in total. The number of morpholine rings is 1. The number of fused-ring (bicyclic) bond motifs is 1. The summed E-state index contributed by atoms with van der Waals surface area (Å²) in [5.74, 6) is -0.556. The number of ether oxygens (including phenoxy) is 1. The minimum atomic E-state index is -0.442. The average Bonchev–Trinajstić information content (AvgIpc) is 3.34. The molecule has 2 aromatic carbocycles. The molecule has 2 fully saturated rings. The zero-order valence-electron chi connectivity index (χ0n) is 17.0. The molecular formula is C22H20Cl2FN5O2. The summed E-state index contributed by atoms with van der Waals surface area (Å²) in [7, 11) is 0. The van der Waals surface area contributed by atoms with Crippen LogP contribution < -0.4 is 0 Å². The number of carbonyl (C=O) groups is 1. The lowest BCUT2D eigenvalue weighted by molar-refractivity contribution is -0.0858. The fraction of sp³-hybridized carbons (Fsp3) is 0.318. The maximum absolute atomic E-state index is 13.5. The third-order valence-electron chi connectivity index (χ3n) is 6.03. The highest BCUT2D eigenvalue weighted by atomic mass is 35.5. The van der Waals surface area contributed by atoms with Crippen molar-refractivity contribution in [3.8, 4) is 11.3 Å². The van der Waals surface area contributed by atoms with E-state index >= 15 is 0 Å². The summed E-state index contributed by atoms with van der Waals surface area (Å²) in [5, 5.41) is 10.7. The van der Waals surface area contributed by atoms with Crippen molar-refractivity contribution in [3.05, 3.63) is 69.6 Å². The molecular weight excluding hydrogens is 456 g/mol. The van der Waals surface area contributed by atoms with Crippen LogP contribution in [-0.4, -0.2) is 69.9 Å². The van der Waals surface area contributed by atoms with E-state index in [-0.39, 0.29) is 23.1 Å². The number of benzene rings is 2. The average molecular weight is 476 g/mol. The SMILES string of the molecule is O=C(c1cccc(-c2cnn[nH]2)c1Cl)N1CCN2C[C@@H](c3ccc(F)c(Cl)c3)OC[C@@H]2C1. The van der Waals surface area contributed by atoms with Gasteiger partial charge in [0.2, 0.25) is 0 Å². The fourth-order valence-electron chi connectivity index (χ4n) is 4.29. The quantitative estimate of drug-likeness (QED) is 0.623. The summed E-state index contributed by atoms with van der Waals surface area (Å²) in [5.41, 5.74) is 2.64. The number of aromatic amines is 1. The number of amides is 1. The number of nitrogens with zero attached hydrogens (tertiary/aromatic N) is 4. The van der Waals surface area contributed by atoms with Crippen molar-refractivity contribution >= 4 is 29.1 Å². The van der Waals surface area contributed by atoms with Crippen LogP contribution >= 0.6 is 23.2 Å². The van der Waals surface area contributed by atoms with Crippen LogP contribution in [0.3, 0.4) is 0 Å². The fourth-order valence-corrected chi connectivity index (χ4v) is 4.78. The van der Waals surface area contributed by atoms with E-state index in [0.29, 0.717) is 54.6 Å². The molecule has 0 saturated carbocycles. The first-order valence-corrected chi connectivity index (χ1v) is 11.0. The van der Waals surface area contributed by atoms with Gasteiger partial charge in [-0.15, -0.1) is 5.10 Å². The molecule has 2 atom stereocenters. The first-order valence-electron chi connectivity index (χ1n) is 10.3. The van der Waals surface area contributed by atoms with Crippen LogP contribution in [-0.2, 0) is 4.74 Å². The Morgan fingerprint density at radius 2 is 2.06 bits per heavy atom. The summed E-state index contributed by atoms with van der Waals surface area (Å²) in [6.07, 6.45) is 1.39. The molecule has 0 radical (unpaired) electrons. The molecule has 1 N–H and O–H groups in total. The number of piperazine rings is 1. The molecule has 2 aliphatic rings. The maximum atomic E-state index is 13.5. The minimum Gasteiger partial charge on any atom is -0.370 e. The molecule has 0 spiro atoms. The van der Waals surface area contributed by atoms with Crippen LogP contribution in [0.25, 0.3) is 11.3 Å². The lowest BCUT2D eigenvalue weighted by Crippen LogP contribution is -2.59. The molecule has 5 rings (SSSR count). The van der Waals surface area contributed by atoms with Crippen LogP contribution in [0.15, 0.2) is 42.6 Å². The summed E-state index contributed by atoms with van der Waals surface area (Å²) in [4.78, 5) is 17.4. The van der Waals surface area contributed by atoms with Gasteiger partial charge in [0.15, 0.2) is 0 Å². The van der Waals surface area contributed by atoms with Gasteiger partial charge in [0.1, 0.15) is 5.82 Å². The van der Waals surface area contributed by atoms with Crippen molar-refractivity contribution in [2.75, 3.05) is 32.8 Å². The van der Waals surface area contributed by atoms with Crippen LogP contribution in [0, 0.1) is 5.82 Å². The number of nitrogens with one attached hydrogen (secondary N) is 1. The molecule has 3 heterocycles. The monoisotopic (exact) mass is 475 g/mol. The lowest BCUT2D eigenvalue weighted by atomic mass is 10.0. The van der Waals surface area contributed by atoms with Crippen LogP contribution in [0.5, 0.6) is 0 Å². The van der Waals surface area contributed by atoms with Gasteiger partial charge in [-0.2, -0.15) is 0 Å². The normalized spacial score (nSPS) is 21.4. The van der Waals surface area contributed by atoms with Crippen molar-refractivity contribution < 1.29 is 13.9 Å². The van der Waals surface area contributed by atoms with E-state index in [0.717, 1.165) is 5.56 Å². The Balaban J connectivity index is 1.28. The van der Waals surface area contributed by atoms with E-state index in [1.54, 1.807) is 30.5 Å². The van der Waals surface area contributed by atoms with Crippen molar-refractivity contribution in [1.29, 1.82) is 0 Å².